The van der Waals surface area contributed by atoms with E-state index in [0.717, 1.165) is 13.1 Å². The molecule has 0 unspecified atom stereocenters. The normalized spacial score (nSPS) is 20.0. The molecule has 0 spiro atoms. The zero-order chi connectivity index (χ0) is 30.2. The number of carbonyl (C=O) groups is 3. The van der Waals surface area contributed by atoms with Crippen LogP contribution in [0.15, 0.2) is 42.5 Å². The molecule has 0 saturated carbocycles. The van der Waals surface area contributed by atoms with Crippen molar-refractivity contribution in [3.63, 3.8) is 0 Å². The molecule has 1 fully saturated rings. The largest absolute Gasteiger partial charge is 0.487 e. The third-order valence-electron chi connectivity index (χ3n) is 7.60. The number of amides is 4. The van der Waals surface area contributed by atoms with Crippen LogP contribution in [0.25, 0.3) is 0 Å². The van der Waals surface area contributed by atoms with Crippen LogP contribution < -0.4 is 15.4 Å². The van der Waals surface area contributed by atoms with Crippen molar-refractivity contribution in [2.75, 3.05) is 70.2 Å². The minimum absolute atomic E-state index is 0.165. The number of ether oxygens (including phenoxy) is 2. The molecule has 11 nitrogen and oxygen atoms in total. The number of hydrogen-bond acceptors (Lipinski definition) is 7. The van der Waals surface area contributed by atoms with E-state index >= 15 is 0 Å². The number of anilines is 2. The molecule has 0 aliphatic carbocycles. The van der Waals surface area contributed by atoms with Crippen molar-refractivity contribution < 1.29 is 33.4 Å². The van der Waals surface area contributed by atoms with Gasteiger partial charge in [-0.15, -0.1) is 0 Å². The number of nitrogens with one attached hydrogen (secondary N) is 2. The summed E-state index contributed by atoms with van der Waals surface area (Å²) in [4.78, 5) is 44.5. The fourth-order valence-corrected chi connectivity index (χ4v) is 4.93. The number of nitrogens with zero attached hydrogens (tertiary/aromatic N) is 3. The van der Waals surface area contributed by atoms with Crippen LogP contribution in [0, 0.1) is 11.7 Å². The van der Waals surface area contributed by atoms with Gasteiger partial charge in [0.1, 0.15) is 17.7 Å². The van der Waals surface area contributed by atoms with Crippen molar-refractivity contribution >= 4 is 29.2 Å². The maximum absolute atomic E-state index is 13.7. The van der Waals surface area contributed by atoms with E-state index in [1.54, 1.807) is 37.1 Å². The lowest BCUT2D eigenvalue weighted by atomic mass is 9.99. The highest BCUT2D eigenvalue weighted by Gasteiger charge is 2.34. The summed E-state index contributed by atoms with van der Waals surface area (Å²) in [5, 5.41) is 15.5. The van der Waals surface area contributed by atoms with Crippen LogP contribution in [0.2, 0.25) is 0 Å². The molecular weight excluding hydrogens is 545 g/mol. The van der Waals surface area contributed by atoms with Gasteiger partial charge in [-0.2, -0.15) is 0 Å². The molecule has 2 aromatic rings. The molecule has 4 rings (SSSR count). The number of urea groups is 1. The predicted molar refractivity (Wildman–Crippen MR) is 156 cm³/mol. The number of likely N-dealkylation sites (N-methyl/N-ethyl adjacent to an activating group) is 1. The lowest BCUT2D eigenvalue weighted by molar-refractivity contribution is -0.116. The Morgan fingerprint density at radius 2 is 1.81 bits per heavy atom. The summed E-state index contributed by atoms with van der Waals surface area (Å²) < 4.78 is 24.9. The van der Waals surface area contributed by atoms with E-state index in [-0.39, 0.29) is 43.0 Å². The first-order valence-corrected chi connectivity index (χ1v) is 14.2. The Kier molecular flexibility index (Phi) is 10.7. The van der Waals surface area contributed by atoms with E-state index in [0.29, 0.717) is 43.3 Å². The van der Waals surface area contributed by atoms with Crippen LogP contribution in [0.1, 0.15) is 30.6 Å². The SMILES string of the molecule is C[C@H](CO)N1C[C@H](C)[C@H](CN(C)C(=O)Nc2ccc(F)cc2)Oc2ccc(NC(=O)CCN3CCOCC3)cc2C1=O. The van der Waals surface area contributed by atoms with E-state index in [4.69, 9.17) is 9.47 Å². The molecule has 228 valence electrons. The van der Waals surface area contributed by atoms with Gasteiger partial charge in [-0.3, -0.25) is 14.5 Å². The quantitative estimate of drug-likeness (QED) is 0.414. The lowest BCUT2D eigenvalue weighted by Crippen LogP contribution is -2.50. The Labute approximate surface area is 245 Å². The first-order chi connectivity index (χ1) is 20.1. The molecule has 3 atom stereocenters. The van der Waals surface area contributed by atoms with Gasteiger partial charge >= 0.3 is 6.03 Å². The van der Waals surface area contributed by atoms with Gasteiger partial charge in [0.2, 0.25) is 5.91 Å². The summed E-state index contributed by atoms with van der Waals surface area (Å²) in [6, 6.07) is 9.56. The van der Waals surface area contributed by atoms with Gasteiger partial charge in [0.05, 0.1) is 38.0 Å². The van der Waals surface area contributed by atoms with Gasteiger partial charge in [0, 0.05) is 56.9 Å². The van der Waals surface area contributed by atoms with Crippen LogP contribution in [-0.2, 0) is 9.53 Å². The average molecular weight is 586 g/mol. The van der Waals surface area contributed by atoms with Crippen LogP contribution in [0.5, 0.6) is 5.75 Å². The molecule has 42 heavy (non-hydrogen) atoms. The van der Waals surface area contributed by atoms with Crippen molar-refractivity contribution in [3.05, 3.63) is 53.8 Å². The molecule has 3 N–H and O–H groups in total. The predicted octanol–water partition coefficient (Wildman–Crippen LogP) is 2.87. The Morgan fingerprint density at radius 1 is 1.12 bits per heavy atom. The Balaban J connectivity index is 1.49. The van der Waals surface area contributed by atoms with Crippen molar-refractivity contribution in [2.24, 2.45) is 5.92 Å². The highest BCUT2D eigenvalue weighted by molar-refractivity contribution is 6.00. The topological polar surface area (TPSA) is 124 Å². The second kappa shape index (κ2) is 14.4. The van der Waals surface area contributed by atoms with Gasteiger partial charge < -0.3 is 35.0 Å². The van der Waals surface area contributed by atoms with Gasteiger partial charge in [-0.25, -0.2) is 9.18 Å². The number of morpholine rings is 1. The number of benzene rings is 2. The molecule has 1 saturated heterocycles. The zero-order valence-electron chi connectivity index (χ0n) is 24.3. The van der Waals surface area contributed by atoms with Crippen LogP contribution in [0.4, 0.5) is 20.6 Å². The fourth-order valence-electron chi connectivity index (χ4n) is 4.93. The summed E-state index contributed by atoms with van der Waals surface area (Å²) >= 11 is 0. The number of hydrogen-bond donors (Lipinski definition) is 3. The van der Waals surface area contributed by atoms with E-state index in [1.807, 2.05) is 6.92 Å². The van der Waals surface area contributed by atoms with Crippen LogP contribution >= 0.6 is 0 Å². The van der Waals surface area contributed by atoms with Crippen LogP contribution in [-0.4, -0.2) is 109 Å². The smallest absolute Gasteiger partial charge is 0.321 e. The van der Waals surface area contributed by atoms with Crippen molar-refractivity contribution in [1.82, 2.24) is 14.7 Å². The molecule has 0 radical (unpaired) electrons. The van der Waals surface area contributed by atoms with E-state index in [9.17, 15) is 23.9 Å². The summed E-state index contributed by atoms with van der Waals surface area (Å²) in [5.41, 5.74) is 1.19. The summed E-state index contributed by atoms with van der Waals surface area (Å²) in [6.45, 7) is 7.47. The Morgan fingerprint density at radius 3 is 2.50 bits per heavy atom. The van der Waals surface area contributed by atoms with E-state index < -0.39 is 24.0 Å². The summed E-state index contributed by atoms with van der Waals surface area (Å²) in [7, 11) is 1.63. The van der Waals surface area contributed by atoms with E-state index in [1.165, 1.54) is 29.2 Å². The fraction of sp³-hybridized carbons (Fsp3) is 0.500. The maximum Gasteiger partial charge on any atom is 0.321 e. The Bertz CT molecular complexity index is 1240. The van der Waals surface area contributed by atoms with Gasteiger partial charge in [0.15, 0.2) is 0 Å². The third-order valence-corrected chi connectivity index (χ3v) is 7.60. The van der Waals surface area contributed by atoms with Crippen molar-refractivity contribution in [2.45, 2.75) is 32.4 Å². The minimum atomic E-state index is -0.497. The average Bonchev–Trinajstić information content (AvgIpc) is 2.99. The molecule has 2 aromatic carbocycles. The van der Waals surface area contributed by atoms with E-state index in [2.05, 4.69) is 15.5 Å². The molecule has 2 aliphatic heterocycles. The number of halogens is 1. The van der Waals surface area contributed by atoms with Crippen molar-refractivity contribution in [1.29, 1.82) is 0 Å². The number of aliphatic hydroxyl groups excluding tert-OH is 1. The molecule has 0 aromatic heterocycles. The second-order valence-corrected chi connectivity index (χ2v) is 10.9. The number of carbonyl (C=O) groups excluding carboxylic acids is 3. The molecule has 4 amide bonds. The number of aliphatic hydroxyl groups is 1. The second-order valence-electron chi connectivity index (χ2n) is 10.9. The summed E-state index contributed by atoms with van der Waals surface area (Å²) in [5.74, 6) is -0.754. The van der Waals surface area contributed by atoms with Gasteiger partial charge in [0.25, 0.3) is 5.91 Å². The first kappa shape index (κ1) is 31.2. The standard InChI is InChI=1S/C30H40FN5O6/c1-20-17-36(21(2)19-37)29(39)25-16-24(32-28(38)10-11-35-12-14-41-15-13-35)8-9-26(25)42-27(20)18-34(3)30(40)33-23-6-4-22(31)5-7-23/h4-9,16,20-21,27,37H,10-15,17-19H2,1-3H3,(H,32,38)(H,33,40)/t20-,21+,27-/m0/s1. The van der Waals surface area contributed by atoms with Crippen LogP contribution in [0.3, 0.4) is 0 Å². The molecular formula is C30H40FN5O6. The Hall–Kier alpha value is -3.74. The third kappa shape index (κ3) is 8.17. The van der Waals surface area contributed by atoms with Gasteiger partial charge in [-0.1, -0.05) is 6.92 Å². The number of fused-ring (bicyclic) bond motifs is 1. The highest BCUT2D eigenvalue weighted by Crippen LogP contribution is 2.31. The molecule has 2 aliphatic rings. The molecule has 0 bridgehead atoms. The molecule has 2 heterocycles. The summed E-state index contributed by atoms with van der Waals surface area (Å²) in [6.07, 6.45) is -0.190. The van der Waals surface area contributed by atoms with Crippen molar-refractivity contribution in [3.8, 4) is 5.75 Å². The molecule has 12 heteroatoms. The highest BCUT2D eigenvalue weighted by atomic mass is 19.1. The number of rotatable bonds is 9. The first-order valence-electron chi connectivity index (χ1n) is 14.2. The minimum Gasteiger partial charge on any atom is -0.487 e. The zero-order valence-corrected chi connectivity index (χ0v) is 24.3. The maximum atomic E-state index is 13.7. The van der Waals surface area contributed by atoms with Gasteiger partial charge in [-0.05, 0) is 49.4 Å². The monoisotopic (exact) mass is 585 g/mol. The lowest BCUT2D eigenvalue weighted by Gasteiger charge is -2.38.